The van der Waals surface area contributed by atoms with E-state index >= 15 is 0 Å². The first-order valence-electron chi connectivity index (χ1n) is 7.56. The SMILES string of the molecule is CNC(=O)C1(NC(=O)[C@@H]2CCCN2C(=O)C(C)(C)C)CC1. The molecule has 2 fully saturated rings. The molecule has 0 bridgehead atoms. The van der Waals surface area contributed by atoms with E-state index in [-0.39, 0.29) is 17.7 Å². The topological polar surface area (TPSA) is 78.5 Å². The van der Waals surface area contributed by atoms with Crippen LogP contribution in [0.15, 0.2) is 0 Å². The summed E-state index contributed by atoms with van der Waals surface area (Å²) in [7, 11) is 1.57. The Hall–Kier alpha value is -1.59. The van der Waals surface area contributed by atoms with E-state index in [2.05, 4.69) is 10.6 Å². The Morgan fingerprint density at radius 2 is 1.81 bits per heavy atom. The molecule has 1 atom stereocenters. The largest absolute Gasteiger partial charge is 0.357 e. The number of hydrogen-bond donors (Lipinski definition) is 2. The van der Waals surface area contributed by atoms with Crippen molar-refractivity contribution >= 4 is 17.7 Å². The molecular weight excluding hydrogens is 270 g/mol. The molecule has 6 heteroatoms. The van der Waals surface area contributed by atoms with Crippen LogP contribution in [0, 0.1) is 5.41 Å². The number of nitrogens with one attached hydrogen (secondary N) is 2. The molecule has 2 rings (SSSR count). The first kappa shape index (κ1) is 15.8. The van der Waals surface area contributed by atoms with E-state index in [1.807, 2.05) is 20.8 Å². The van der Waals surface area contributed by atoms with E-state index in [0.717, 1.165) is 6.42 Å². The summed E-state index contributed by atoms with van der Waals surface area (Å²) < 4.78 is 0. The molecule has 0 aromatic carbocycles. The van der Waals surface area contributed by atoms with Gasteiger partial charge in [0.25, 0.3) is 0 Å². The smallest absolute Gasteiger partial charge is 0.245 e. The zero-order valence-electron chi connectivity index (χ0n) is 13.3. The number of likely N-dealkylation sites (tertiary alicyclic amines) is 1. The van der Waals surface area contributed by atoms with Crippen molar-refractivity contribution in [3.05, 3.63) is 0 Å². The van der Waals surface area contributed by atoms with Crippen LogP contribution in [0.2, 0.25) is 0 Å². The van der Waals surface area contributed by atoms with E-state index < -0.39 is 17.0 Å². The van der Waals surface area contributed by atoms with Crippen molar-refractivity contribution in [1.29, 1.82) is 0 Å². The van der Waals surface area contributed by atoms with Crippen LogP contribution in [0.1, 0.15) is 46.5 Å². The molecule has 0 radical (unpaired) electrons. The summed E-state index contributed by atoms with van der Waals surface area (Å²) in [6.07, 6.45) is 2.82. The zero-order chi connectivity index (χ0) is 15.8. The molecule has 1 heterocycles. The fourth-order valence-corrected chi connectivity index (χ4v) is 2.81. The summed E-state index contributed by atoms with van der Waals surface area (Å²) in [6, 6.07) is -0.446. The number of hydrogen-bond acceptors (Lipinski definition) is 3. The summed E-state index contributed by atoms with van der Waals surface area (Å²) >= 11 is 0. The molecule has 1 aliphatic carbocycles. The Morgan fingerprint density at radius 3 is 2.29 bits per heavy atom. The predicted molar refractivity (Wildman–Crippen MR) is 78.4 cm³/mol. The third-order valence-corrected chi connectivity index (χ3v) is 4.23. The van der Waals surface area contributed by atoms with Crippen LogP contribution >= 0.6 is 0 Å². The molecule has 6 nitrogen and oxygen atoms in total. The van der Waals surface area contributed by atoms with Gasteiger partial charge in [-0.3, -0.25) is 14.4 Å². The van der Waals surface area contributed by atoms with Crippen LogP contribution in [-0.4, -0.2) is 47.8 Å². The van der Waals surface area contributed by atoms with Crippen molar-refractivity contribution in [3.8, 4) is 0 Å². The maximum Gasteiger partial charge on any atom is 0.245 e. The Morgan fingerprint density at radius 1 is 1.19 bits per heavy atom. The molecule has 2 N–H and O–H groups in total. The summed E-state index contributed by atoms with van der Waals surface area (Å²) in [6.45, 7) is 6.18. The summed E-state index contributed by atoms with van der Waals surface area (Å²) in [5.74, 6) is -0.362. The average molecular weight is 295 g/mol. The van der Waals surface area contributed by atoms with Gasteiger partial charge in [0.15, 0.2) is 0 Å². The number of rotatable bonds is 3. The van der Waals surface area contributed by atoms with E-state index in [4.69, 9.17) is 0 Å². The fraction of sp³-hybridized carbons (Fsp3) is 0.800. The normalized spacial score (nSPS) is 23.6. The highest BCUT2D eigenvalue weighted by Gasteiger charge is 2.52. The minimum atomic E-state index is -0.745. The van der Waals surface area contributed by atoms with Crippen LogP contribution in [0.25, 0.3) is 0 Å². The van der Waals surface area contributed by atoms with Crippen molar-refractivity contribution in [3.63, 3.8) is 0 Å². The van der Waals surface area contributed by atoms with Crippen LogP contribution < -0.4 is 10.6 Å². The zero-order valence-corrected chi connectivity index (χ0v) is 13.3. The number of carbonyl (C=O) groups excluding carboxylic acids is 3. The van der Waals surface area contributed by atoms with Gasteiger partial charge in [0, 0.05) is 19.0 Å². The molecule has 3 amide bonds. The summed E-state index contributed by atoms with van der Waals surface area (Å²) in [4.78, 5) is 38.4. The molecule has 0 aromatic rings. The fourth-order valence-electron chi connectivity index (χ4n) is 2.81. The Labute approximate surface area is 125 Å². The molecule has 1 aliphatic heterocycles. The quantitative estimate of drug-likeness (QED) is 0.792. The highest BCUT2D eigenvalue weighted by atomic mass is 16.2. The van der Waals surface area contributed by atoms with Gasteiger partial charge in [0.1, 0.15) is 11.6 Å². The van der Waals surface area contributed by atoms with Gasteiger partial charge in [-0.05, 0) is 25.7 Å². The highest BCUT2D eigenvalue weighted by molar-refractivity contribution is 5.97. The third kappa shape index (κ3) is 3.04. The standard InChI is InChI=1S/C15H25N3O3/c1-14(2,3)13(21)18-9-5-6-10(18)11(19)17-15(7-8-15)12(20)16-4/h10H,5-9H2,1-4H3,(H,16,20)(H,17,19)/t10-/m0/s1. The van der Waals surface area contributed by atoms with Gasteiger partial charge in [-0.25, -0.2) is 0 Å². The minimum Gasteiger partial charge on any atom is -0.357 e. The lowest BCUT2D eigenvalue weighted by atomic mass is 9.94. The monoisotopic (exact) mass is 295 g/mol. The van der Waals surface area contributed by atoms with E-state index in [1.165, 1.54) is 0 Å². The predicted octanol–water partition coefficient (Wildman–Crippen LogP) is 0.418. The molecule has 2 aliphatic rings. The van der Waals surface area contributed by atoms with Crippen LogP contribution in [0.5, 0.6) is 0 Å². The molecule has 118 valence electrons. The van der Waals surface area contributed by atoms with E-state index in [9.17, 15) is 14.4 Å². The maximum atomic E-state index is 12.5. The second-order valence-electron chi connectivity index (χ2n) is 7.06. The van der Waals surface area contributed by atoms with Gasteiger partial charge in [-0.1, -0.05) is 20.8 Å². The first-order chi connectivity index (χ1) is 9.71. The van der Waals surface area contributed by atoms with Crippen molar-refractivity contribution in [1.82, 2.24) is 15.5 Å². The number of amides is 3. The molecule has 1 saturated heterocycles. The van der Waals surface area contributed by atoms with E-state index in [1.54, 1.807) is 11.9 Å². The Balaban J connectivity index is 2.05. The highest BCUT2D eigenvalue weighted by Crippen LogP contribution is 2.36. The van der Waals surface area contributed by atoms with Crippen LogP contribution in [-0.2, 0) is 14.4 Å². The van der Waals surface area contributed by atoms with Gasteiger partial charge in [-0.2, -0.15) is 0 Å². The van der Waals surface area contributed by atoms with Crippen molar-refractivity contribution < 1.29 is 14.4 Å². The number of likely N-dealkylation sites (N-methyl/N-ethyl adjacent to an activating group) is 1. The first-order valence-corrected chi connectivity index (χ1v) is 7.56. The second-order valence-corrected chi connectivity index (χ2v) is 7.06. The second kappa shape index (κ2) is 5.31. The van der Waals surface area contributed by atoms with Gasteiger partial charge in [0.05, 0.1) is 0 Å². The average Bonchev–Trinajstić information content (AvgIpc) is 3.02. The van der Waals surface area contributed by atoms with Crippen molar-refractivity contribution in [2.24, 2.45) is 5.41 Å². The lowest BCUT2D eigenvalue weighted by Gasteiger charge is -2.31. The molecule has 1 saturated carbocycles. The van der Waals surface area contributed by atoms with Gasteiger partial charge in [0.2, 0.25) is 17.7 Å². The molecular formula is C15H25N3O3. The lowest BCUT2D eigenvalue weighted by Crippen LogP contribution is -2.55. The number of nitrogens with zero attached hydrogens (tertiary/aromatic N) is 1. The van der Waals surface area contributed by atoms with Crippen LogP contribution in [0.3, 0.4) is 0 Å². The summed E-state index contributed by atoms with van der Waals surface area (Å²) in [5.41, 5.74) is -1.24. The van der Waals surface area contributed by atoms with Crippen molar-refractivity contribution in [2.75, 3.05) is 13.6 Å². The minimum absolute atomic E-state index is 0.00931. The van der Waals surface area contributed by atoms with Crippen molar-refractivity contribution in [2.45, 2.75) is 58.0 Å². The van der Waals surface area contributed by atoms with Gasteiger partial charge >= 0.3 is 0 Å². The third-order valence-electron chi connectivity index (χ3n) is 4.23. The Bertz CT molecular complexity index is 463. The summed E-state index contributed by atoms with van der Waals surface area (Å²) in [5, 5.41) is 5.44. The number of carbonyl (C=O) groups is 3. The molecule has 0 spiro atoms. The molecule has 0 unspecified atom stereocenters. The lowest BCUT2D eigenvalue weighted by molar-refractivity contribution is -0.145. The van der Waals surface area contributed by atoms with Gasteiger partial charge in [-0.15, -0.1) is 0 Å². The van der Waals surface area contributed by atoms with Crippen LogP contribution in [0.4, 0.5) is 0 Å². The molecule has 21 heavy (non-hydrogen) atoms. The Kier molecular flexibility index (Phi) is 4.00. The molecule has 0 aromatic heterocycles. The van der Waals surface area contributed by atoms with Gasteiger partial charge < -0.3 is 15.5 Å². The maximum absolute atomic E-state index is 12.5. The van der Waals surface area contributed by atoms with E-state index in [0.29, 0.717) is 25.8 Å².